The number of benzene rings is 1. The third-order valence-electron chi connectivity index (χ3n) is 2.78. The highest BCUT2D eigenvalue weighted by molar-refractivity contribution is 5.94. The monoisotopic (exact) mass is 245 g/mol. The summed E-state index contributed by atoms with van der Waals surface area (Å²) in [5.41, 5.74) is 1.02. The van der Waals surface area contributed by atoms with Crippen LogP contribution in [0.2, 0.25) is 0 Å². The number of carbonyl (C=O) groups is 1. The van der Waals surface area contributed by atoms with E-state index in [0.717, 1.165) is 5.76 Å². The fourth-order valence-corrected chi connectivity index (χ4v) is 1.89. The van der Waals surface area contributed by atoms with E-state index in [1.54, 1.807) is 18.4 Å². The molecule has 0 bridgehead atoms. The first kappa shape index (κ1) is 12.2. The molecule has 0 aliphatic heterocycles. The molecule has 1 aromatic carbocycles. The minimum absolute atomic E-state index is 0.311. The van der Waals surface area contributed by atoms with Crippen LogP contribution in [-0.2, 0) is 6.54 Å². The highest BCUT2D eigenvalue weighted by atomic mass is 16.4. The van der Waals surface area contributed by atoms with Crippen LogP contribution in [0.3, 0.4) is 0 Å². The Balaban J connectivity index is 2.30. The van der Waals surface area contributed by atoms with Crippen LogP contribution in [0.1, 0.15) is 23.0 Å². The predicted octanol–water partition coefficient (Wildman–Crippen LogP) is 3.00. The number of aromatic carboxylic acids is 1. The summed E-state index contributed by atoms with van der Waals surface area (Å²) in [5, 5.41) is 9.19. The second-order valence-electron chi connectivity index (χ2n) is 3.92. The van der Waals surface area contributed by atoms with Gasteiger partial charge in [-0.2, -0.15) is 0 Å². The molecular formula is C14H15NO3. The van der Waals surface area contributed by atoms with Gasteiger partial charge in [0.15, 0.2) is 0 Å². The molecule has 2 rings (SSSR count). The van der Waals surface area contributed by atoms with Gasteiger partial charge >= 0.3 is 5.97 Å². The van der Waals surface area contributed by atoms with Gasteiger partial charge in [-0.05, 0) is 31.2 Å². The van der Waals surface area contributed by atoms with Crippen molar-refractivity contribution in [1.29, 1.82) is 0 Å². The lowest BCUT2D eigenvalue weighted by Crippen LogP contribution is -2.23. The van der Waals surface area contributed by atoms with Crippen molar-refractivity contribution in [1.82, 2.24) is 0 Å². The average Bonchev–Trinajstić information content (AvgIpc) is 2.88. The number of furan rings is 1. The maximum Gasteiger partial charge on any atom is 0.337 e. The Morgan fingerprint density at radius 2 is 2.06 bits per heavy atom. The molecule has 0 saturated heterocycles. The van der Waals surface area contributed by atoms with Crippen LogP contribution >= 0.6 is 0 Å². The first-order valence-corrected chi connectivity index (χ1v) is 5.82. The highest BCUT2D eigenvalue weighted by Gasteiger charge is 2.15. The first-order valence-electron chi connectivity index (χ1n) is 5.82. The van der Waals surface area contributed by atoms with Crippen LogP contribution in [0.15, 0.2) is 47.1 Å². The predicted molar refractivity (Wildman–Crippen MR) is 68.8 cm³/mol. The number of rotatable bonds is 5. The molecular weight excluding hydrogens is 230 g/mol. The lowest BCUT2D eigenvalue weighted by molar-refractivity contribution is 0.0697. The molecule has 0 saturated carbocycles. The van der Waals surface area contributed by atoms with Crippen molar-refractivity contribution in [3.05, 3.63) is 54.0 Å². The van der Waals surface area contributed by atoms with Gasteiger partial charge in [-0.15, -0.1) is 0 Å². The highest BCUT2D eigenvalue weighted by Crippen LogP contribution is 2.22. The third-order valence-corrected chi connectivity index (χ3v) is 2.78. The van der Waals surface area contributed by atoms with Crippen LogP contribution in [-0.4, -0.2) is 17.6 Å². The summed E-state index contributed by atoms with van der Waals surface area (Å²) in [6.45, 7) is 3.26. The molecule has 0 aliphatic carbocycles. The summed E-state index contributed by atoms with van der Waals surface area (Å²) in [6, 6.07) is 10.7. The summed E-state index contributed by atoms with van der Waals surface area (Å²) >= 11 is 0. The molecule has 94 valence electrons. The van der Waals surface area contributed by atoms with Crippen LogP contribution in [0.25, 0.3) is 0 Å². The molecule has 0 radical (unpaired) electrons. The van der Waals surface area contributed by atoms with Gasteiger partial charge in [0.1, 0.15) is 5.76 Å². The van der Waals surface area contributed by atoms with E-state index in [0.29, 0.717) is 24.3 Å². The van der Waals surface area contributed by atoms with E-state index in [2.05, 4.69) is 0 Å². The number of carboxylic acids is 1. The number of para-hydroxylation sites is 1. The van der Waals surface area contributed by atoms with Gasteiger partial charge in [-0.3, -0.25) is 0 Å². The molecule has 0 atom stereocenters. The lowest BCUT2D eigenvalue weighted by Gasteiger charge is -2.23. The van der Waals surface area contributed by atoms with E-state index in [4.69, 9.17) is 4.42 Å². The van der Waals surface area contributed by atoms with Gasteiger partial charge in [0, 0.05) is 6.54 Å². The SMILES string of the molecule is CCN(Cc1ccco1)c1ccccc1C(=O)O. The van der Waals surface area contributed by atoms with Gasteiger partial charge in [0.2, 0.25) is 0 Å². The van der Waals surface area contributed by atoms with Crippen LogP contribution in [0.5, 0.6) is 0 Å². The molecule has 1 N–H and O–H groups in total. The topological polar surface area (TPSA) is 53.7 Å². The van der Waals surface area contributed by atoms with Gasteiger partial charge in [0.05, 0.1) is 24.1 Å². The zero-order valence-electron chi connectivity index (χ0n) is 10.2. The van der Waals surface area contributed by atoms with Crippen molar-refractivity contribution in [2.24, 2.45) is 0 Å². The van der Waals surface area contributed by atoms with Crippen molar-refractivity contribution < 1.29 is 14.3 Å². The molecule has 1 aromatic heterocycles. The van der Waals surface area contributed by atoms with Gasteiger partial charge in [-0.1, -0.05) is 12.1 Å². The van der Waals surface area contributed by atoms with E-state index in [1.807, 2.05) is 36.1 Å². The van der Waals surface area contributed by atoms with E-state index in [9.17, 15) is 9.90 Å². The lowest BCUT2D eigenvalue weighted by atomic mass is 10.1. The number of hydrogen-bond donors (Lipinski definition) is 1. The largest absolute Gasteiger partial charge is 0.478 e. The van der Waals surface area contributed by atoms with Crippen molar-refractivity contribution in [3.63, 3.8) is 0 Å². The van der Waals surface area contributed by atoms with Crippen LogP contribution < -0.4 is 4.90 Å². The summed E-state index contributed by atoms with van der Waals surface area (Å²) in [6.07, 6.45) is 1.62. The fraction of sp³-hybridized carbons (Fsp3) is 0.214. The Bertz CT molecular complexity index is 520. The Hall–Kier alpha value is -2.23. The number of carboxylic acid groups (broad SMARTS) is 1. The van der Waals surface area contributed by atoms with Gasteiger partial charge in [0.25, 0.3) is 0 Å². The molecule has 0 spiro atoms. The Morgan fingerprint density at radius 1 is 1.28 bits per heavy atom. The summed E-state index contributed by atoms with van der Waals surface area (Å²) in [7, 11) is 0. The smallest absolute Gasteiger partial charge is 0.337 e. The molecule has 0 unspecified atom stereocenters. The maximum absolute atomic E-state index is 11.2. The third kappa shape index (κ3) is 2.53. The van der Waals surface area contributed by atoms with E-state index in [-0.39, 0.29) is 0 Å². The molecule has 0 fully saturated rings. The standard InChI is InChI=1S/C14H15NO3/c1-2-15(10-11-6-5-9-18-11)13-8-4-3-7-12(13)14(16)17/h3-9H,2,10H2,1H3,(H,16,17). The van der Waals surface area contributed by atoms with Crippen molar-refractivity contribution in [2.45, 2.75) is 13.5 Å². The van der Waals surface area contributed by atoms with Gasteiger partial charge in [-0.25, -0.2) is 4.79 Å². The maximum atomic E-state index is 11.2. The van der Waals surface area contributed by atoms with Crippen molar-refractivity contribution >= 4 is 11.7 Å². The van der Waals surface area contributed by atoms with E-state index >= 15 is 0 Å². The molecule has 0 aliphatic rings. The van der Waals surface area contributed by atoms with Crippen LogP contribution in [0.4, 0.5) is 5.69 Å². The fourth-order valence-electron chi connectivity index (χ4n) is 1.89. The Morgan fingerprint density at radius 3 is 2.67 bits per heavy atom. The summed E-state index contributed by atoms with van der Waals surface area (Å²) < 4.78 is 5.30. The molecule has 4 nitrogen and oxygen atoms in total. The molecule has 1 heterocycles. The molecule has 4 heteroatoms. The van der Waals surface area contributed by atoms with Crippen LogP contribution in [0, 0.1) is 0 Å². The van der Waals surface area contributed by atoms with E-state index in [1.165, 1.54) is 0 Å². The Kier molecular flexibility index (Phi) is 3.67. The van der Waals surface area contributed by atoms with Crippen molar-refractivity contribution in [3.8, 4) is 0 Å². The summed E-state index contributed by atoms with van der Waals surface area (Å²) in [4.78, 5) is 13.2. The molecule has 2 aromatic rings. The molecule has 0 amide bonds. The number of hydrogen-bond acceptors (Lipinski definition) is 3. The van der Waals surface area contributed by atoms with E-state index < -0.39 is 5.97 Å². The molecule has 18 heavy (non-hydrogen) atoms. The summed E-state index contributed by atoms with van der Waals surface area (Å²) in [5.74, 6) is -0.0967. The number of nitrogens with zero attached hydrogens (tertiary/aromatic N) is 1. The minimum Gasteiger partial charge on any atom is -0.478 e. The van der Waals surface area contributed by atoms with Crippen molar-refractivity contribution in [2.75, 3.05) is 11.4 Å². The minimum atomic E-state index is -0.913. The second-order valence-corrected chi connectivity index (χ2v) is 3.92. The zero-order valence-corrected chi connectivity index (χ0v) is 10.2. The first-order chi connectivity index (χ1) is 8.72. The van der Waals surface area contributed by atoms with Gasteiger partial charge < -0.3 is 14.4 Å². The second kappa shape index (κ2) is 5.40. The quantitative estimate of drug-likeness (QED) is 0.879. The Labute approximate surface area is 105 Å². The average molecular weight is 245 g/mol. The zero-order chi connectivity index (χ0) is 13.0. The normalized spacial score (nSPS) is 10.3. The number of anilines is 1.